The van der Waals surface area contributed by atoms with Gasteiger partial charge >= 0.3 is 0 Å². The van der Waals surface area contributed by atoms with Crippen LogP contribution in [0.5, 0.6) is 5.75 Å². The molecule has 0 amide bonds. The summed E-state index contributed by atoms with van der Waals surface area (Å²) in [7, 11) is 1.61. The summed E-state index contributed by atoms with van der Waals surface area (Å²) in [5.41, 5.74) is 2.50. The average molecular weight is 511 g/mol. The summed E-state index contributed by atoms with van der Waals surface area (Å²) in [6, 6.07) is 12.2. The van der Waals surface area contributed by atoms with E-state index in [0.717, 1.165) is 22.8 Å². The summed E-state index contributed by atoms with van der Waals surface area (Å²) in [5.74, 6) is 0.732. The maximum absolute atomic E-state index is 13.7. The summed E-state index contributed by atoms with van der Waals surface area (Å²) < 4.78 is 35.0. The zero-order chi connectivity index (χ0) is 24.7. The molecule has 2 aromatic heterocycles. The average Bonchev–Trinajstić information content (AvgIpc) is 3.60. The van der Waals surface area contributed by atoms with Crippen LogP contribution in [-0.4, -0.2) is 50.4 Å². The largest absolute Gasteiger partial charge is 0.494 e. The highest BCUT2D eigenvalue weighted by Crippen LogP contribution is 2.41. The Morgan fingerprint density at radius 3 is 2.69 bits per heavy atom. The third kappa shape index (κ3) is 4.32. The quantitative estimate of drug-likeness (QED) is 0.417. The second kappa shape index (κ2) is 9.20. The second-order valence-electron chi connectivity index (χ2n) is 8.80. The zero-order valence-electron chi connectivity index (χ0n) is 19.5. The van der Waals surface area contributed by atoms with Gasteiger partial charge in [-0.25, -0.2) is 14.1 Å². The van der Waals surface area contributed by atoms with Gasteiger partial charge in [0.25, 0.3) is 0 Å². The molecule has 0 aliphatic carbocycles. The summed E-state index contributed by atoms with van der Waals surface area (Å²) in [4.78, 5) is 8.91. The molecule has 1 atom stereocenters. The van der Waals surface area contributed by atoms with E-state index in [9.17, 15) is 4.39 Å². The van der Waals surface area contributed by atoms with Crippen molar-refractivity contribution in [2.75, 3.05) is 25.6 Å². The van der Waals surface area contributed by atoms with Crippen LogP contribution in [0.2, 0.25) is 5.15 Å². The van der Waals surface area contributed by atoms with Crippen molar-refractivity contribution in [2.45, 2.75) is 31.1 Å². The lowest BCUT2D eigenvalue weighted by Gasteiger charge is -2.28. The van der Waals surface area contributed by atoms with E-state index in [2.05, 4.69) is 10.3 Å². The minimum atomic E-state index is -0.686. The van der Waals surface area contributed by atoms with Crippen molar-refractivity contribution < 1.29 is 18.6 Å². The SMILES string of the molecule is COc1cc(Nc2nc3n(n2)CCC2(CC3c3ccc(F)cc3)OCCO2)ccc1-n1cnc(Cl)c1. The van der Waals surface area contributed by atoms with E-state index >= 15 is 0 Å². The molecule has 4 heterocycles. The summed E-state index contributed by atoms with van der Waals surface area (Å²) in [6.45, 7) is 1.70. The lowest BCUT2D eigenvalue weighted by Crippen LogP contribution is -2.32. The number of aryl methyl sites for hydroxylation is 1. The van der Waals surface area contributed by atoms with Gasteiger partial charge < -0.3 is 24.1 Å². The number of rotatable bonds is 5. The lowest BCUT2D eigenvalue weighted by atomic mass is 9.90. The van der Waals surface area contributed by atoms with Crippen LogP contribution in [-0.2, 0) is 16.0 Å². The maximum atomic E-state index is 13.7. The molecule has 2 aliphatic heterocycles. The Hall–Kier alpha value is -3.47. The molecule has 0 radical (unpaired) electrons. The molecule has 1 spiro atoms. The predicted octanol–water partition coefficient (Wildman–Crippen LogP) is 4.68. The molecular formula is C25H24ClFN6O3. The molecule has 1 saturated heterocycles. The molecule has 9 nitrogen and oxygen atoms in total. The number of aromatic nitrogens is 5. The first-order valence-corrected chi connectivity index (χ1v) is 12.0. The zero-order valence-corrected chi connectivity index (χ0v) is 20.3. The van der Waals surface area contributed by atoms with Crippen molar-refractivity contribution in [3.63, 3.8) is 0 Å². The fourth-order valence-corrected chi connectivity index (χ4v) is 5.01. The fourth-order valence-electron chi connectivity index (χ4n) is 4.86. The smallest absolute Gasteiger partial charge is 0.246 e. The molecule has 36 heavy (non-hydrogen) atoms. The van der Waals surface area contributed by atoms with Crippen LogP contribution in [0.1, 0.15) is 30.1 Å². The Morgan fingerprint density at radius 1 is 1.17 bits per heavy atom. The highest BCUT2D eigenvalue weighted by Gasteiger charge is 2.43. The van der Waals surface area contributed by atoms with Crippen LogP contribution in [0.4, 0.5) is 16.0 Å². The van der Waals surface area contributed by atoms with Gasteiger partial charge in [-0.05, 0) is 29.8 Å². The normalized spacial score (nSPS) is 18.7. The van der Waals surface area contributed by atoms with Crippen molar-refractivity contribution in [1.29, 1.82) is 0 Å². The summed E-state index contributed by atoms with van der Waals surface area (Å²) in [5, 5.41) is 8.41. The van der Waals surface area contributed by atoms with E-state index in [1.54, 1.807) is 36.3 Å². The first kappa shape index (κ1) is 23.0. The second-order valence-corrected chi connectivity index (χ2v) is 9.19. The molecule has 0 saturated carbocycles. The van der Waals surface area contributed by atoms with Gasteiger partial charge in [0, 0.05) is 43.3 Å². The molecular weight excluding hydrogens is 487 g/mol. The molecule has 1 N–H and O–H groups in total. The highest BCUT2D eigenvalue weighted by molar-refractivity contribution is 6.29. The number of benzene rings is 2. The van der Waals surface area contributed by atoms with Crippen molar-refractivity contribution in [1.82, 2.24) is 24.3 Å². The third-order valence-electron chi connectivity index (χ3n) is 6.58. The van der Waals surface area contributed by atoms with E-state index < -0.39 is 5.79 Å². The fraction of sp³-hybridized carbons (Fsp3) is 0.320. The van der Waals surface area contributed by atoms with E-state index in [4.69, 9.17) is 35.9 Å². The molecule has 1 unspecified atom stereocenters. The van der Waals surface area contributed by atoms with Gasteiger partial charge in [0.05, 0.1) is 26.0 Å². The van der Waals surface area contributed by atoms with Gasteiger partial charge in [-0.3, -0.25) is 0 Å². The van der Waals surface area contributed by atoms with Crippen LogP contribution >= 0.6 is 11.6 Å². The highest BCUT2D eigenvalue weighted by atomic mass is 35.5. The lowest BCUT2D eigenvalue weighted by molar-refractivity contribution is -0.168. The van der Waals surface area contributed by atoms with Crippen LogP contribution < -0.4 is 10.1 Å². The molecule has 6 rings (SSSR count). The molecule has 2 aliphatic rings. The van der Waals surface area contributed by atoms with Gasteiger partial charge in [-0.2, -0.15) is 4.98 Å². The van der Waals surface area contributed by atoms with Gasteiger partial charge in [0.2, 0.25) is 5.95 Å². The predicted molar refractivity (Wildman–Crippen MR) is 131 cm³/mol. The van der Waals surface area contributed by atoms with E-state index in [1.165, 1.54) is 12.1 Å². The Kier molecular flexibility index (Phi) is 5.87. The Bertz CT molecular complexity index is 1380. The van der Waals surface area contributed by atoms with Gasteiger partial charge in [-0.1, -0.05) is 23.7 Å². The van der Waals surface area contributed by atoms with E-state index in [-0.39, 0.29) is 11.7 Å². The number of nitrogens with zero attached hydrogens (tertiary/aromatic N) is 5. The number of methoxy groups -OCH3 is 1. The number of imidazole rings is 1. The number of ether oxygens (including phenoxy) is 3. The van der Waals surface area contributed by atoms with Gasteiger partial charge in [0.15, 0.2) is 5.79 Å². The Morgan fingerprint density at radius 2 is 1.97 bits per heavy atom. The third-order valence-corrected chi connectivity index (χ3v) is 6.78. The molecule has 0 bridgehead atoms. The minimum absolute atomic E-state index is 0.169. The van der Waals surface area contributed by atoms with Crippen molar-refractivity contribution in [3.05, 3.63) is 77.3 Å². The number of hydrogen-bond acceptors (Lipinski definition) is 7. The first-order chi connectivity index (χ1) is 17.5. The van der Waals surface area contributed by atoms with Crippen molar-refractivity contribution in [3.8, 4) is 11.4 Å². The number of halogens is 2. The van der Waals surface area contributed by atoms with Crippen LogP contribution in [0.25, 0.3) is 5.69 Å². The van der Waals surface area contributed by atoms with Gasteiger partial charge in [0.1, 0.15) is 28.9 Å². The van der Waals surface area contributed by atoms with E-state index in [0.29, 0.717) is 49.5 Å². The molecule has 186 valence electrons. The number of nitrogens with one attached hydrogen (secondary N) is 1. The monoisotopic (exact) mass is 510 g/mol. The van der Waals surface area contributed by atoms with Crippen LogP contribution in [0.3, 0.4) is 0 Å². The molecule has 2 aromatic carbocycles. The number of hydrogen-bond donors (Lipinski definition) is 1. The maximum Gasteiger partial charge on any atom is 0.246 e. The summed E-state index contributed by atoms with van der Waals surface area (Å²) in [6.07, 6.45) is 4.56. The Labute approximate surface area is 211 Å². The number of fused-ring (bicyclic) bond motifs is 1. The van der Waals surface area contributed by atoms with Crippen molar-refractivity contribution in [2.24, 2.45) is 0 Å². The van der Waals surface area contributed by atoms with Crippen LogP contribution in [0.15, 0.2) is 55.0 Å². The first-order valence-electron chi connectivity index (χ1n) is 11.6. The van der Waals surface area contributed by atoms with Crippen LogP contribution in [0, 0.1) is 5.82 Å². The Balaban J connectivity index is 1.31. The summed E-state index contributed by atoms with van der Waals surface area (Å²) >= 11 is 5.97. The number of anilines is 2. The van der Waals surface area contributed by atoms with E-state index in [1.807, 2.05) is 22.9 Å². The standard InChI is InChI=1S/C25H24ClFN6O3/c1-34-21-12-18(6-7-20(21)32-14-22(26)28-15-32)29-24-30-23-19(16-2-4-17(27)5-3-16)13-25(35-10-11-36-25)8-9-33(23)31-24/h2-7,12,14-15,19H,8-11,13H2,1H3,(H,29,31). The topological polar surface area (TPSA) is 88.3 Å². The molecule has 1 fully saturated rings. The van der Waals surface area contributed by atoms with Gasteiger partial charge in [-0.15, -0.1) is 5.10 Å². The molecule has 4 aromatic rings. The molecule has 11 heteroatoms. The van der Waals surface area contributed by atoms with Crippen molar-refractivity contribution >= 4 is 23.2 Å². The minimum Gasteiger partial charge on any atom is -0.494 e.